The third kappa shape index (κ3) is 5.55. The lowest BCUT2D eigenvalue weighted by atomic mass is 10.2. The molecule has 1 amide bonds. The molecule has 0 saturated heterocycles. The first-order valence-electron chi connectivity index (χ1n) is 8.09. The van der Waals surface area contributed by atoms with Crippen LogP contribution in [0.25, 0.3) is 0 Å². The molecule has 0 aliphatic rings. The van der Waals surface area contributed by atoms with Crippen LogP contribution >= 0.6 is 11.3 Å². The van der Waals surface area contributed by atoms with Crippen LogP contribution in [0.5, 0.6) is 0 Å². The minimum atomic E-state index is -4.40. The summed E-state index contributed by atoms with van der Waals surface area (Å²) in [5.74, 6) is -0.172. The van der Waals surface area contributed by atoms with E-state index in [1.165, 1.54) is 23.5 Å². The quantitative estimate of drug-likeness (QED) is 0.637. The van der Waals surface area contributed by atoms with Crippen molar-refractivity contribution >= 4 is 28.1 Å². The third-order valence-corrected chi connectivity index (χ3v) is 4.47. The molecule has 4 nitrogen and oxygen atoms in total. The zero-order chi connectivity index (χ0) is 19.3. The molecule has 0 aliphatic heterocycles. The van der Waals surface area contributed by atoms with Crippen molar-refractivity contribution < 1.29 is 18.0 Å². The number of hydrogen-bond acceptors (Lipinski definition) is 4. The molecule has 0 saturated carbocycles. The van der Waals surface area contributed by atoms with Gasteiger partial charge >= 0.3 is 6.18 Å². The fourth-order valence-corrected chi connectivity index (χ4v) is 3.10. The number of amides is 1. The second kappa shape index (κ2) is 8.22. The number of carbonyl (C=O) groups excluding carboxylic acids is 1. The molecule has 27 heavy (non-hydrogen) atoms. The molecule has 0 atom stereocenters. The Bertz CT molecular complexity index is 910. The minimum Gasteiger partial charge on any atom is -0.352 e. The lowest BCUT2D eigenvalue weighted by Gasteiger charge is -2.09. The van der Waals surface area contributed by atoms with Crippen LogP contribution in [-0.2, 0) is 23.9 Å². The number of benzene rings is 2. The van der Waals surface area contributed by atoms with Crippen LogP contribution in [0.15, 0.2) is 60.0 Å². The molecule has 3 rings (SSSR count). The summed E-state index contributed by atoms with van der Waals surface area (Å²) < 4.78 is 38.3. The predicted molar refractivity (Wildman–Crippen MR) is 98.8 cm³/mol. The molecule has 1 aromatic heterocycles. The van der Waals surface area contributed by atoms with E-state index in [-0.39, 0.29) is 12.3 Å². The van der Waals surface area contributed by atoms with Crippen LogP contribution in [-0.4, -0.2) is 10.9 Å². The summed E-state index contributed by atoms with van der Waals surface area (Å²) in [6, 6.07) is 14.4. The topological polar surface area (TPSA) is 54.0 Å². The van der Waals surface area contributed by atoms with Crippen molar-refractivity contribution in [3.8, 4) is 0 Å². The van der Waals surface area contributed by atoms with Gasteiger partial charge in [0.15, 0.2) is 5.13 Å². The molecule has 3 aromatic rings. The van der Waals surface area contributed by atoms with E-state index in [2.05, 4.69) is 15.6 Å². The summed E-state index contributed by atoms with van der Waals surface area (Å²) in [4.78, 5) is 16.3. The maximum absolute atomic E-state index is 12.8. The molecule has 0 aliphatic carbocycles. The monoisotopic (exact) mass is 391 g/mol. The number of halogens is 3. The van der Waals surface area contributed by atoms with Crippen molar-refractivity contribution in [2.45, 2.75) is 19.1 Å². The van der Waals surface area contributed by atoms with Crippen molar-refractivity contribution in [3.63, 3.8) is 0 Å². The van der Waals surface area contributed by atoms with Gasteiger partial charge in [-0.15, -0.1) is 11.3 Å². The second-order valence-electron chi connectivity index (χ2n) is 5.79. The van der Waals surface area contributed by atoms with Crippen molar-refractivity contribution in [1.29, 1.82) is 0 Å². The van der Waals surface area contributed by atoms with Gasteiger partial charge in [-0.25, -0.2) is 4.98 Å². The smallest absolute Gasteiger partial charge is 0.352 e. The van der Waals surface area contributed by atoms with Crippen molar-refractivity contribution in [2.75, 3.05) is 5.32 Å². The Morgan fingerprint density at radius 3 is 2.59 bits per heavy atom. The maximum Gasteiger partial charge on any atom is 0.416 e. The molecule has 0 spiro atoms. The van der Waals surface area contributed by atoms with Gasteiger partial charge in [-0.05, 0) is 23.8 Å². The van der Waals surface area contributed by atoms with Gasteiger partial charge in [0.05, 0.1) is 17.7 Å². The summed E-state index contributed by atoms with van der Waals surface area (Å²) in [5, 5.41) is 7.79. The number of nitrogens with one attached hydrogen (secondary N) is 2. The molecule has 0 unspecified atom stereocenters. The highest BCUT2D eigenvalue weighted by Crippen LogP contribution is 2.31. The number of hydrogen-bond donors (Lipinski definition) is 2. The molecule has 0 fully saturated rings. The molecule has 140 valence electrons. The molecule has 8 heteroatoms. The van der Waals surface area contributed by atoms with Gasteiger partial charge in [0.1, 0.15) is 0 Å². The largest absolute Gasteiger partial charge is 0.416 e. The van der Waals surface area contributed by atoms with E-state index in [1.54, 1.807) is 5.38 Å². The number of carbonyl (C=O) groups is 1. The number of rotatable bonds is 6. The van der Waals surface area contributed by atoms with Crippen LogP contribution in [0.1, 0.15) is 16.8 Å². The van der Waals surface area contributed by atoms with E-state index in [4.69, 9.17) is 0 Å². The van der Waals surface area contributed by atoms with Gasteiger partial charge in [-0.2, -0.15) is 13.2 Å². The molecule has 0 bridgehead atoms. The molecule has 0 radical (unpaired) electrons. The Balaban J connectivity index is 1.56. The fraction of sp³-hybridized carbons (Fsp3) is 0.158. The van der Waals surface area contributed by atoms with E-state index in [1.807, 2.05) is 30.3 Å². The predicted octanol–water partition coefficient (Wildman–Crippen LogP) is 4.76. The molecule has 2 N–H and O–H groups in total. The lowest BCUT2D eigenvalue weighted by molar-refractivity contribution is -0.137. The Kier molecular flexibility index (Phi) is 5.75. The number of anilines is 2. The Morgan fingerprint density at radius 2 is 1.85 bits per heavy atom. The van der Waals surface area contributed by atoms with Gasteiger partial charge < -0.3 is 10.6 Å². The van der Waals surface area contributed by atoms with Gasteiger partial charge in [0.2, 0.25) is 5.91 Å². The number of thiazole rings is 1. The van der Waals surface area contributed by atoms with Crippen molar-refractivity contribution in [3.05, 3.63) is 76.8 Å². The lowest BCUT2D eigenvalue weighted by Crippen LogP contribution is -2.24. The average Bonchev–Trinajstić information content (AvgIpc) is 3.07. The highest BCUT2D eigenvalue weighted by atomic mass is 32.1. The van der Waals surface area contributed by atoms with E-state index in [0.29, 0.717) is 23.1 Å². The highest BCUT2D eigenvalue weighted by molar-refractivity contribution is 7.13. The fourth-order valence-electron chi connectivity index (χ4n) is 2.37. The second-order valence-corrected chi connectivity index (χ2v) is 6.64. The molecule has 2 aromatic carbocycles. The SMILES string of the molecule is O=C(Cc1csc(Nc2cccc(C(F)(F)F)c2)n1)NCc1ccccc1. The van der Waals surface area contributed by atoms with E-state index >= 15 is 0 Å². The van der Waals surface area contributed by atoms with Gasteiger partial charge in [-0.3, -0.25) is 4.79 Å². The number of alkyl halides is 3. The first kappa shape index (κ1) is 18.9. The van der Waals surface area contributed by atoms with Gasteiger partial charge in [-0.1, -0.05) is 36.4 Å². The standard InChI is InChI=1S/C19H16F3N3OS/c20-19(21,22)14-7-4-8-15(9-14)24-18-25-16(12-27-18)10-17(26)23-11-13-5-2-1-3-6-13/h1-9,12H,10-11H2,(H,23,26)(H,24,25). The zero-order valence-electron chi connectivity index (χ0n) is 14.1. The van der Waals surface area contributed by atoms with Crippen LogP contribution in [0.2, 0.25) is 0 Å². The minimum absolute atomic E-state index is 0.105. The Hall–Kier alpha value is -2.87. The first-order chi connectivity index (χ1) is 12.9. The van der Waals surface area contributed by atoms with E-state index < -0.39 is 11.7 Å². The maximum atomic E-state index is 12.8. The summed E-state index contributed by atoms with van der Waals surface area (Å²) in [5.41, 5.74) is 1.11. The zero-order valence-corrected chi connectivity index (χ0v) is 14.9. The van der Waals surface area contributed by atoms with E-state index in [9.17, 15) is 18.0 Å². The van der Waals surface area contributed by atoms with Gasteiger partial charge in [0.25, 0.3) is 0 Å². The summed E-state index contributed by atoms with van der Waals surface area (Å²) in [6.07, 6.45) is -4.30. The Morgan fingerprint density at radius 1 is 1.07 bits per heavy atom. The van der Waals surface area contributed by atoms with Crippen molar-refractivity contribution in [2.24, 2.45) is 0 Å². The number of nitrogens with zero attached hydrogens (tertiary/aromatic N) is 1. The van der Waals surface area contributed by atoms with Crippen LogP contribution < -0.4 is 10.6 Å². The summed E-state index contributed by atoms with van der Waals surface area (Å²) in [6.45, 7) is 0.430. The molecular formula is C19H16F3N3OS. The van der Waals surface area contributed by atoms with Crippen LogP contribution in [0, 0.1) is 0 Å². The molecular weight excluding hydrogens is 375 g/mol. The first-order valence-corrected chi connectivity index (χ1v) is 8.97. The normalized spacial score (nSPS) is 11.2. The third-order valence-electron chi connectivity index (χ3n) is 3.67. The molecule has 1 heterocycles. The highest BCUT2D eigenvalue weighted by Gasteiger charge is 2.30. The average molecular weight is 391 g/mol. The summed E-state index contributed by atoms with van der Waals surface area (Å²) >= 11 is 1.23. The Labute approximate surface area is 158 Å². The van der Waals surface area contributed by atoms with Crippen LogP contribution in [0.4, 0.5) is 24.0 Å². The summed E-state index contributed by atoms with van der Waals surface area (Å²) in [7, 11) is 0. The van der Waals surface area contributed by atoms with E-state index in [0.717, 1.165) is 17.7 Å². The van der Waals surface area contributed by atoms with Crippen LogP contribution in [0.3, 0.4) is 0 Å². The van der Waals surface area contributed by atoms with Crippen molar-refractivity contribution in [1.82, 2.24) is 10.3 Å². The number of aromatic nitrogens is 1. The van der Waals surface area contributed by atoms with Gasteiger partial charge in [0, 0.05) is 17.6 Å².